The molecular weight excluding hydrogens is 940 g/mol. The van der Waals surface area contributed by atoms with Gasteiger partial charge in [0.05, 0.1) is 79.8 Å². The minimum Gasteiger partial charge on any atom is -0.497 e. The van der Waals surface area contributed by atoms with Gasteiger partial charge in [0.2, 0.25) is 0 Å². The number of phosphoric acid groups is 1. The van der Waals surface area contributed by atoms with Crippen LogP contribution in [0.25, 0.3) is 0 Å². The fourth-order valence-electron chi connectivity index (χ4n) is 8.15. The van der Waals surface area contributed by atoms with Gasteiger partial charge in [-0.15, -0.1) is 0 Å². The Labute approximate surface area is 420 Å². The molecule has 0 heterocycles. The highest BCUT2D eigenvalue weighted by atomic mass is 31.2. The summed E-state index contributed by atoms with van der Waals surface area (Å²) in [5.41, 5.74) is 3.98. The van der Waals surface area contributed by atoms with Crippen molar-refractivity contribution in [3.05, 3.63) is 191 Å². The predicted molar refractivity (Wildman–Crippen MR) is 266 cm³/mol. The van der Waals surface area contributed by atoms with Crippen LogP contribution in [0.1, 0.15) is 58.4 Å². The van der Waals surface area contributed by atoms with Crippen molar-refractivity contribution in [1.29, 1.82) is 10.5 Å². The first kappa shape index (κ1) is 53.2. The van der Waals surface area contributed by atoms with Gasteiger partial charge >= 0.3 is 7.82 Å². The van der Waals surface area contributed by atoms with Crippen molar-refractivity contribution in [1.82, 2.24) is 0 Å². The molecule has 0 radical (unpaired) electrons. The van der Waals surface area contributed by atoms with Gasteiger partial charge in [-0.25, -0.2) is 4.57 Å². The van der Waals surface area contributed by atoms with E-state index in [-0.39, 0.29) is 39.3 Å². The Kier molecular flexibility index (Phi) is 19.8. The van der Waals surface area contributed by atoms with Crippen LogP contribution < -0.4 is 18.9 Å². The minimum absolute atomic E-state index is 0.00255. The molecule has 1 aliphatic rings. The van der Waals surface area contributed by atoms with E-state index < -0.39 is 56.7 Å². The van der Waals surface area contributed by atoms with Gasteiger partial charge in [-0.05, 0) is 81.9 Å². The molecule has 0 spiro atoms. The molecule has 7 rings (SSSR count). The van der Waals surface area contributed by atoms with E-state index in [2.05, 4.69) is 12.1 Å². The SMILES string of the molecule is COc1ccc(CO[C@@H]2[C@@H](OCc3ccc(OC)cc3)[C@H](OCc3ccc(OC)cc3)[C@@H](O)[C@@H](OCc3ccc(OC)cc3)[C@H]2OP(=O)(O[C@H](CC#N)c2ccccc2)O[C@H](CC#N)c2ccccc2)cc1. The molecule has 0 aliphatic heterocycles. The van der Waals surface area contributed by atoms with Crippen LogP contribution in [0.4, 0.5) is 0 Å². The molecule has 376 valence electrons. The van der Waals surface area contributed by atoms with Crippen molar-refractivity contribution in [2.45, 2.75) is 88.1 Å². The molecule has 1 fully saturated rings. The Morgan fingerprint density at radius 2 is 0.736 bits per heavy atom. The number of nitriles is 2. The molecule has 0 aromatic heterocycles. The first-order valence-electron chi connectivity index (χ1n) is 23.3. The van der Waals surface area contributed by atoms with E-state index in [1.54, 1.807) is 138 Å². The summed E-state index contributed by atoms with van der Waals surface area (Å²) >= 11 is 0. The number of hydrogen-bond acceptors (Lipinski definition) is 15. The second kappa shape index (κ2) is 26.7. The molecule has 72 heavy (non-hydrogen) atoms. The highest BCUT2D eigenvalue weighted by molar-refractivity contribution is 7.48. The van der Waals surface area contributed by atoms with E-state index in [9.17, 15) is 15.6 Å². The molecule has 0 amide bonds. The number of aliphatic hydroxyl groups is 1. The van der Waals surface area contributed by atoms with Crippen LogP contribution in [0, 0.1) is 22.7 Å². The second-order valence-corrected chi connectivity index (χ2v) is 18.3. The number of rotatable bonds is 26. The summed E-state index contributed by atoms with van der Waals surface area (Å²) < 4.78 is 84.8. The van der Waals surface area contributed by atoms with Crippen LogP contribution >= 0.6 is 7.82 Å². The van der Waals surface area contributed by atoms with Crippen LogP contribution in [0.2, 0.25) is 0 Å². The van der Waals surface area contributed by atoms with E-state index in [0.29, 0.717) is 39.7 Å². The highest BCUT2D eigenvalue weighted by Gasteiger charge is 2.57. The summed E-state index contributed by atoms with van der Waals surface area (Å²) in [6, 6.07) is 50.9. The molecule has 0 bridgehead atoms. The summed E-state index contributed by atoms with van der Waals surface area (Å²) in [5.74, 6) is 2.55. The third-order valence-electron chi connectivity index (χ3n) is 12.0. The number of hydrogen-bond donors (Lipinski definition) is 1. The Hall–Kier alpha value is -6.59. The van der Waals surface area contributed by atoms with Gasteiger partial charge in [-0.1, -0.05) is 109 Å². The van der Waals surface area contributed by atoms with E-state index in [4.69, 9.17) is 51.5 Å². The lowest BCUT2D eigenvalue weighted by atomic mass is 9.84. The van der Waals surface area contributed by atoms with Gasteiger partial charge in [0.15, 0.2) is 0 Å². The molecule has 6 aromatic carbocycles. The maximum absolute atomic E-state index is 16.1. The number of methoxy groups -OCH3 is 4. The van der Waals surface area contributed by atoms with Crippen molar-refractivity contribution >= 4 is 7.82 Å². The fourth-order valence-corrected chi connectivity index (χ4v) is 9.85. The Balaban J connectivity index is 1.37. The van der Waals surface area contributed by atoms with E-state index in [0.717, 1.165) is 16.7 Å². The maximum Gasteiger partial charge on any atom is 0.476 e. The fraction of sp³-hybridized carbons (Fsp3) is 0.321. The molecule has 1 N–H and O–H groups in total. The first-order valence-corrected chi connectivity index (χ1v) is 24.8. The lowest BCUT2D eigenvalue weighted by molar-refractivity contribution is -0.271. The highest BCUT2D eigenvalue weighted by Crippen LogP contribution is 2.59. The van der Waals surface area contributed by atoms with Crippen LogP contribution in [0.5, 0.6) is 23.0 Å². The van der Waals surface area contributed by atoms with Crippen molar-refractivity contribution in [3.63, 3.8) is 0 Å². The van der Waals surface area contributed by atoms with E-state index in [1.165, 1.54) is 0 Å². The summed E-state index contributed by atoms with van der Waals surface area (Å²) in [5, 5.41) is 33.2. The number of phosphoric ester groups is 1. The van der Waals surface area contributed by atoms with Gasteiger partial charge in [-0.2, -0.15) is 10.5 Å². The minimum atomic E-state index is -5.04. The predicted octanol–water partition coefficient (Wildman–Crippen LogP) is 10.6. The number of ether oxygens (including phenoxy) is 8. The lowest BCUT2D eigenvalue weighted by Gasteiger charge is -2.48. The molecule has 0 unspecified atom stereocenters. The Bertz CT molecular complexity index is 2620. The number of benzene rings is 6. The third kappa shape index (κ3) is 14.5. The standard InChI is InChI=1S/C56H59N2O13P/c1-61-45-23-15-39(16-24-45)35-65-52-51(59)53(66-36-40-17-25-46(62-2)26-18-40)56(55(68-38-42-21-29-48(64-4)30-22-42)54(52)67-37-41-19-27-47(63-3)28-20-41)71-72(60,69-49(31-33-57)43-11-7-5-8-12-43)70-50(32-34-58)44-13-9-6-10-14-44/h5-30,49-56,59H,31-32,35-38H2,1-4H3/t49-,50-,51-,52-,53-,54+,55-,56-/m1/s1. The molecule has 6 aromatic rings. The van der Waals surface area contributed by atoms with Crippen LogP contribution in [0.15, 0.2) is 158 Å². The summed E-state index contributed by atoms with van der Waals surface area (Å²) in [6.45, 7) is -0.108. The van der Waals surface area contributed by atoms with Gasteiger partial charge in [0.25, 0.3) is 0 Å². The maximum atomic E-state index is 16.1. The Morgan fingerprint density at radius 1 is 0.444 bits per heavy atom. The summed E-state index contributed by atoms with van der Waals surface area (Å²) in [4.78, 5) is 0. The molecule has 0 saturated heterocycles. The number of nitrogens with zero attached hydrogens (tertiary/aromatic N) is 2. The van der Waals surface area contributed by atoms with Gasteiger partial charge < -0.3 is 43.0 Å². The molecule has 1 aliphatic carbocycles. The van der Waals surface area contributed by atoms with Crippen molar-refractivity contribution in [2.75, 3.05) is 28.4 Å². The average molecular weight is 999 g/mol. The van der Waals surface area contributed by atoms with Crippen molar-refractivity contribution in [2.24, 2.45) is 0 Å². The molecule has 16 heteroatoms. The van der Waals surface area contributed by atoms with Crippen molar-refractivity contribution < 1.29 is 61.1 Å². The van der Waals surface area contributed by atoms with Crippen LogP contribution in [-0.2, 0) is 63.5 Å². The number of aliphatic hydroxyl groups excluding tert-OH is 1. The molecule has 15 nitrogen and oxygen atoms in total. The zero-order valence-electron chi connectivity index (χ0n) is 40.6. The van der Waals surface area contributed by atoms with Gasteiger partial charge in [0, 0.05) is 0 Å². The zero-order valence-corrected chi connectivity index (χ0v) is 41.5. The smallest absolute Gasteiger partial charge is 0.476 e. The quantitative estimate of drug-likeness (QED) is 0.0505. The van der Waals surface area contributed by atoms with Crippen LogP contribution in [-0.4, -0.2) is 70.2 Å². The summed E-state index contributed by atoms with van der Waals surface area (Å²) in [7, 11) is 1.26. The normalized spacial score (nSPS) is 19.5. The average Bonchev–Trinajstić information content (AvgIpc) is 3.42. The van der Waals surface area contributed by atoms with Gasteiger partial charge in [-0.3, -0.25) is 13.6 Å². The van der Waals surface area contributed by atoms with E-state index in [1.807, 2.05) is 48.5 Å². The zero-order chi connectivity index (χ0) is 50.7. The van der Waals surface area contributed by atoms with Crippen LogP contribution in [0.3, 0.4) is 0 Å². The summed E-state index contributed by atoms with van der Waals surface area (Å²) in [6.07, 6.45) is -10.9. The van der Waals surface area contributed by atoms with Crippen molar-refractivity contribution in [3.8, 4) is 35.1 Å². The Morgan fingerprint density at radius 3 is 1.04 bits per heavy atom. The second-order valence-electron chi connectivity index (χ2n) is 16.7. The third-order valence-corrected chi connectivity index (χ3v) is 13.6. The topological polar surface area (TPSA) is 186 Å². The molecular formula is C56H59N2O13P. The molecule has 1 saturated carbocycles. The largest absolute Gasteiger partial charge is 0.497 e. The van der Waals surface area contributed by atoms with E-state index >= 15 is 4.57 Å². The first-order chi connectivity index (χ1) is 35.2. The molecule has 8 atom stereocenters. The monoisotopic (exact) mass is 998 g/mol. The van der Waals surface area contributed by atoms with Gasteiger partial charge in [0.1, 0.15) is 71.8 Å². The lowest BCUT2D eigenvalue weighted by Crippen LogP contribution is -2.66.